The number of nitro benzene ring substituents is 1. The van der Waals surface area contributed by atoms with E-state index in [1.54, 1.807) is 13.0 Å². The van der Waals surface area contributed by atoms with E-state index in [0.717, 1.165) is 17.9 Å². The van der Waals surface area contributed by atoms with Gasteiger partial charge in [0.25, 0.3) is 5.69 Å². The Morgan fingerprint density at radius 2 is 2.14 bits per heavy atom. The Balaban J connectivity index is 1.80. The van der Waals surface area contributed by atoms with Gasteiger partial charge in [0.2, 0.25) is 0 Å². The van der Waals surface area contributed by atoms with Crippen LogP contribution < -0.4 is 5.32 Å². The molecule has 3 rings (SSSR count). The molecule has 5 heteroatoms. The Bertz CT molecular complexity index is 576. The van der Waals surface area contributed by atoms with Gasteiger partial charge in [0, 0.05) is 6.04 Å². The number of nitrogens with one attached hydrogen (secondary N) is 1. The number of nitrogens with zero attached hydrogens (tertiary/aromatic N) is 1. The summed E-state index contributed by atoms with van der Waals surface area (Å²) in [6.07, 6.45) is 5.14. The summed E-state index contributed by atoms with van der Waals surface area (Å²) in [5.74, 6) is 1.64. The first-order valence-corrected chi connectivity index (χ1v) is 7.66. The highest BCUT2D eigenvalue weighted by molar-refractivity contribution is 5.63. The van der Waals surface area contributed by atoms with E-state index < -0.39 is 10.7 Å². The standard InChI is InChI=1S/C16H21FN2O2/c1-9-5-15(16(19(20)21)8-14(9)17)18-10(2)13-7-11-3-4-12(13)6-11/h5,8,10-13,18H,3-4,6-7H2,1-2H3. The fourth-order valence-corrected chi connectivity index (χ4v) is 4.20. The Hall–Kier alpha value is -1.65. The number of fused-ring (bicyclic) bond motifs is 2. The average molecular weight is 292 g/mol. The second-order valence-electron chi connectivity index (χ2n) is 6.65. The number of hydrogen-bond acceptors (Lipinski definition) is 3. The molecule has 1 aromatic rings. The number of nitro groups is 1. The number of rotatable bonds is 4. The lowest BCUT2D eigenvalue weighted by atomic mass is 9.84. The van der Waals surface area contributed by atoms with Gasteiger partial charge in [-0.2, -0.15) is 0 Å². The average Bonchev–Trinajstić information content (AvgIpc) is 3.04. The van der Waals surface area contributed by atoms with Crippen molar-refractivity contribution in [3.05, 3.63) is 33.6 Å². The number of hydrogen-bond donors (Lipinski definition) is 1. The summed E-state index contributed by atoms with van der Waals surface area (Å²) >= 11 is 0. The third kappa shape index (κ3) is 2.61. The molecular formula is C16H21FN2O2. The first-order valence-electron chi connectivity index (χ1n) is 7.66. The topological polar surface area (TPSA) is 55.2 Å². The SMILES string of the molecule is Cc1cc(NC(C)C2CC3CCC2C3)c([N+](=O)[O-])cc1F. The first-order chi connectivity index (χ1) is 9.95. The lowest BCUT2D eigenvalue weighted by Gasteiger charge is -2.29. The van der Waals surface area contributed by atoms with Gasteiger partial charge in [0.15, 0.2) is 0 Å². The first kappa shape index (κ1) is 14.3. The highest BCUT2D eigenvalue weighted by Gasteiger charge is 2.42. The van der Waals surface area contributed by atoms with Gasteiger partial charge < -0.3 is 5.32 Å². The predicted molar refractivity (Wildman–Crippen MR) is 79.8 cm³/mol. The largest absolute Gasteiger partial charge is 0.377 e. The van der Waals surface area contributed by atoms with Gasteiger partial charge in [0.05, 0.1) is 11.0 Å². The van der Waals surface area contributed by atoms with Crippen molar-refractivity contribution < 1.29 is 9.31 Å². The summed E-state index contributed by atoms with van der Waals surface area (Å²) < 4.78 is 13.5. The van der Waals surface area contributed by atoms with Crippen molar-refractivity contribution in [1.29, 1.82) is 0 Å². The smallest absolute Gasteiger partial charge is 0.295 e. The molecule has 4 nitrogen and oxygen atoms in total. The van der Waals surface area contributed by atoms with Gasteiger partial charge >= 0.3 is 0 Å². The maximum Gasteiger partial charge on any atom is 0.295 e. The molecule has 0 heterocycles. The van der Waals surface area contributed by atoms with Crippen molar-refractivity contribution in [2.75, 3.05) is 5.32 Å². The van der Waals surface area contributed by atoms with E-state index in [0.29, 0.717) is 17.2 Å². The van der Waals surface area contributed by atoms with E-state index in [1.807, 2.05) is 0 Å². The fourth-order valence-electron chi connectivity index (χ4n) is 4.20. The molecule has 0 spiro atoms. The molecule has 0 aliphatic heterocycles. The second kappa shape index (κ2) is 5.28. The molecule has 21 heavy (non-hydrogen) atoms. The van der Waals surface area contributed by atoms with Crippen LogP contribution in [0, 0.1) is 40.6 Å². The number of aryl methyl sites for hydroxylation is 1. The molecule has 0 amide bonds. The minimum atomic E-state index is -0.528. The predicted octanol–water partition coefficient (Wildman–Crippen LogP) is 4.28. The lowest BCUT2D eigenvalue weighted by Crippen LogP contribution is -2.30. The molecule has 2 bridgehead atoms. The van der Waals surface area contributed by atoms with Crippen LogP contribution in [0.25, 0.3) is 0 Å². The van der Waals surface area contributed by atoms with Gasteiger partial charge in [-0.15, -0.1) is 0 Å². The zero-order chi connectivity index (χ0) is 15.1. The van der Waals surface area contributed by atoms with Crippen molar-refractivity contribution in [3.8, 4) is 0 Å². The summed E-state index contributed by atoms with van der Waals surface area (Å²) in [6, 6.07) is 2.76. The van der Waals surface area contributed by atoms with Crippen LogP contribution in [-0.4, -0.2) is 11.0 Å². The van der Waals surface area contributed by atoms with Crippen molar-refractivity contribution in [2.45, 2.75) is 45.6 Å². The molecule has 4 atom stereocenters. The number of benzene rings is 1. The summed E-state index contributed by atoms with van der Waals surface area (Å²) in [6.45, 7) is 3.72. The molecule has 1 N–H and O–H groups in total. The zero-order valence-electron chi connectivity index (χ0n) is 12.4. The van der Waals surface area contributed by atoms with Gasteiger partial charge in [-0.25, -0.2) is 4.39 Å². The Labute approximate surface area is 123 Å². The van der Waals surface area contributed by atoms with Crippen LogP contribution in [-0.2, 0) is 0 Å². The molecule has 2 aliphatic carbocycles. The summed E-state index contributed by atoms with van der Waals surface area (Å²) in [5, 5.41) is 14.4. The van der Waals surface area contributed by atoms with E-state index in [-0.39, 0.29) is 11.7 Å². The monoisotopic (exact) mass is 292 g/mol. The van der Waals surface area contributed by atoms with Crippen LogP contribution in [0.4, 0.5) is 15.8 Å². The number of anilines is 1. The second-order valence-corrected chi connectivity index (χ2v) is 6.65. The lowest BCUT2D eigenvalue weighted by molar-refractivity contribution is -0.384. The van der Waals surface area contributed by atoms with Gasteiger partial charge in [-0.1, -0.05) is 6.42 Å². The Morgan fingerprint density at radius 1 is 1.38 bits per heavy atom. The Morgan fingerprint density at radius 3 is 2.71 bits per heavy atom. The third-order valence-corrected chi connectivity index (χ3v) is 5.29. The van der Waals surface area contributed by atoms with Gasteiger partial charge in [0.1, 0.15) is 11.5 Å². The fraction of sp³-hybridized carbons (Fsp3) is 0.625. The van der Waals surface area contributed by atoms with E-state index in [4.69, 9.17) is 0 Å². The maximum atomic E-state index is 13.5. The van der Waals surface area contributed by atoms with Gasteiger partial charge in [-0.3, -0.25) is 10.1 Å². The van der Waals surface area contributed by atoms with Crippen LogP contribution in [0.2, 0.25) is 0 Å². The molecule has 0 saturated heterocycles. The molecule has 0 radical (unpaired) electrons. The van der Waals surface area contributed by atoms with E-state index in [2.05, 4.69) is 12.2 Å². The van der Waals surface area contributed by atoms with Gasteiger partial charge in [-0.05, 0) is 62.5 Å². The highest BCUT2D eigenvalue weighted by atomic mass is 19.1. The molecule has 1 aromatic carbocycles. The maximum absolute atomic E-state index is 13.5. The molecule has 0 aromatic heterocycles. The minimum absolute atomic E-state index is 0.173. The number of halogens is 1. The van der Waals surface area contributed by atoms with Crippen molar-refractivity contribution in [2.24, 2.45) is 17.8 Å². The third-order valence-electron chi connectivity index (χ3n) is 5.29. The Kier molecular flexibility index (Phi) is 3.59. The molecule has 2 aliphatic rings. The summed E-state index contributed by atoms with van der Waals surface area (Å²) in [4.78, 5) is 10.6. The quantitative estimate of drug-likeness (QED) is 0.665. The van der Waals surface area contributed by atoms with Crippen LogP contribution >= 0.6 is 0 Å². The molecule has 114 valence electrons. The minimum Gasteiger partial charge on any atom is -0.377 e. The van der Waals surface area contributed by atoms with Crippen molar-refractivity contribution in [1.82, 2.24) is 0 Å². The van der Waals surface area contributed by atoms with E-state index in [1.165, 1.54) is 25.7 Å². The normalized spacial score (nSPS) is 28.6. The molecule has 2 fully saturated rings. The van der Waals surface area contributed by atoms with Crippen LogP contribution in [0.15, 0.2) is 12.1 Å². The zero-order valence-corrected chi connectivity index (χ0v) is 12.4. The van der Waals surface area contributed by atoms with Crippen LogP contribution in [0.1, 0.15) is 38.2 Å². The summed E-state index contributed by atoms with van der Waals surface area (Å²) in [5.41, 5.74) is 0.700. The molecule has 2 saturated carbocycles. The van der Waals surface area contributed by atoms with E-state index >= 15 is 0 Å². The van der Waals surface area contributed by atoms with E-state index in [9.17, 15) is 14.5 Å². The molecular weight excluding hydrogens is 271 g/mol. The van der Waals surface area contributed by atoms with Crippen LogP contribution in [0.5, 0.6) is 0 Å². The van der Waals surface area contributed by atoms with Crippen molar-refractivity contribution in [3.63, 3.8) is 0 Å². The van der Waals surface area contributed by atoms with Crippen molar-refractivity contribution >= 4 is 11.4 Å². The molecule has 4 unspecified atom stereocenters. The highest BCUT2D eigenvalue weighted by Crippen LogP contribution is 2.50. The van der Waals surface area contributed by atoms with Crippen LogP contribution in [0.3, 0.4) is 0 Å². The summed E-state index contributed by atoms with van der Waals surface area (Å²) in [7, 11) is 0.